The lowest BCUT2D eigenvalue weighted by atomic mass is 9.79. The van der Waals surface area contributed by atoms with Crippen molar-refractivity contribution >= 4 is 114 Å². The van der Waals surface area contributed by atoms with Gasteiger partial charge in [-0.25, -0.2) is 58.4 Å². The molecule has 2 saturated heterocycles. The summed E-state index contributed by atoms with van der Waals surface area (Å²) in [6.07, 6.45) is 2.65. The molecule has 0 aliphatic carbocycles. The Labute approximate surface area is 595 Å². The van der Waals surface area contributed by atoms with Crippen LogP contribution in [0.25, 0.3) is 33.3 Å². The standard InChI is InChI=1S/C19H22BFO4S.C18H14FN5O2S.C13H19BO2.C13H11ClN4O2S.C6H4ClFO2S/c1-18(2)19(3,4)25-20(24-18)15-7-5-14(6-8-15)13-26(22,23)17-11-9-16(21)10-12-17;1-11-16-17(20-10-21-18(16)23-22-11)12-2-6-14(7-3-12)24-27(25,26)15-8-4-13(19)5-9-15;1-10-6-8-11(9-7-10)14-15-12(2,3)13(4,5)16-14;1-8-3-5-10(6-4-8)21(19,20)18-13-11(9(2)17-18)12(14)15-7-16-13;7-11(9,10)6-3-1-5(8)2-4-6/h5-12H,13H2,1-4H3;2-10,24H,1H3,(H,20,21,22,23);6-9H,1-5H3;3-7H,1-2H3;1-4H. The average molecular weight is 1500 g/mol. The second kappa shape index (κ2) is 30.3. The van der Waals surface area contributed by atoms with Crippen LogP contribution in [0.5, 0.6) is 0 Å². The van der Waals surface area contributed by atoms with Gasteiger partial charge in [-0.05, 0) is 197 Å². The lowest BCUT2D eigenvalue weighted by Crippen LogP contribution is -2.41. The molecule has 32 heteroatoms. The third kappa shape index (κ3) is 18.3. The number of fused-ring (bicyclic) bond motifs is 2. The molecule has 101 heavy (non-hydrogen) atoms. The van der Waals surface area contributed by atoms with Gasteiger partial charge in [-0.15, -0.1) is 4.09 Å². The van der Waals surface area contributed by atoms with Gasteiger partial charge in [0.15, 0.2) is 21.1 Å². The summed E-state index contributed by atoms with van der Waals surface area (Å²) in [6, 6.07) is 42.6. The molecule has 7 aromatic carbocycles. The van der Waals surface area contributed by atoms with E-state index < -0.39 is 74.7 Å². The first kappa shape index (κ1) is 76.8. The van der Waals surface area contributed by atoms with Gasteiger partial charge in [0.05, 0.1) is 69.9 Å². The first-order valence-electron chi connectivity index (χ1n) is 30.9. The number of sulfone groups is 1. The van der Waals surface area contributed by atoms with Crippen molar-refractivity contribution in [1.82, 2.24) is 39.3 Å². The van der Waals surface area contributed by atoms with Crippen LogP contribution in [0.1, 0.15) is 83.5 Å². The van der Waals surface area contributed by atoms with Crippen molar-refractivity contribution in [2.45, 2.75) is 131 Å². The molecule has 2 aliphatic rings. The zero-order chi connectivity index (χ0) is 73.8. The second-order valence-corrected chi connectivity index (χ2v) is 33.8. The largest absolute Gasteiger partial charge is 0.494 e. The molecule has 6 heterocycles. The predicted molar refractivity (Wildman–Crippen MR) is 384 cm³/mol. The fraction of sp³-hybridized carbons (Fsp3) is 0.246. The highest BCUT2D eigenvalue weighted by atomic mass is 35.7. The number of nitrogens with zero attached hydrogens (tertiary/aromatic N) is 7. The van der Waals surface area contributed by atoms with Crippen LogP contribution >= 0.6 is 22.3 Å². The molecule has 0 amide bonds. The van der Waals surface area contributed by atoms with E-state index in [9.17, 15) is 46.8 Å². The number of rotatable bonds is 12. The molecule has 0 saturated carbocycles. The SMILES string of the molecule is CC1(C)OB(c2ccc(CS(=O)(=O)c3ccc(F)cc3)cc2)OC1(C)C.Cc1[nH]nc2ncnc(-c3ccc(NS(=O)(=O)c4ccc(F)cc4)cc3)c12.Cc1ccc(B2OC(C)(C)C(C)(C)O2)cc1.Cc1ccc(S(=O)(=O)n2nc(C)c3c(Cl)ncnc32)cc1.O=S(=O)(Cl)c1ccc(F)cc1. The van der Waals surface area contributed by atoms with E-state index in [1.54, 1.807) is 55.5 Å². The van der Waals surface area contributed by atoms with Gasteiger partial charge in [0.2, 0.25) is 0 Å². The molecule has 2 fully saturated rings. The number of aromatic nitrogens is 8. The number of sulfonamides is 1. The number of H-pyrrole nitrogens is 1. The molecule has 0 radical (unpaired) electrons. The third-order valence-electron chi connectivity index (χ3n) is 16.9. The van der Waals surface area contributed by atoms with E-state index in [4.69, 9.17) is 40.9 Å². The zero-order valence-electron chi connectivity index (χ0n) is 56.7. The summed E-state index contributed by atoms with van der Waals surface area (Å²) in [5.41, 5.74) is 7.37. The Morgan fingerprint density at radius 2 is 0.931 bits per heavy atom. The van der Waals surface area contributed by atoms with E-state index in [1.165, 1.54) is 54.6 Å². The quantitative estimate of drug-likeness (QED) is 0.0497. The topological polar surface area (TPSA) is 284 Å². The Morgan fingerprint density at radius 3 is 1.41 bits per heavy atom. The molecule has 2 N–H and O–H groups in total. The summed E-state index contributed by atoms with van der Waals surface area (Å²) >= 11 is 5.99. The van der Waals surface area contributed by atoms with E-state index in [2.05, 4.69) is 98.8 Å². The van der Waals surface area contributed by atoms with E-state index in [-0.39, 0.29) is 54.5 Å². The number of nitrogens with one attached hydrogen (secondary N) is 2. The number of benzene rings is 7. The Kier molecular flexibility index (Phi) is 23.0. The van der Waals surface area contributed by atoms with E-state index in [0.717, 1.165) is 85.8 Å². The molecule has 0 bridgehead atoms. The average Bonchev–Trinajstić information content (AvgIpc) is 1.65. The summed E-state index contributed by atoms with van der Waals surface area (Å²) in [5.74, 6) is -1.60. The van der Waals surface area contributed by atoms with Gasteiger partial charge in [-0.3, -0.25) is 9.82 Å². The Balaban J connectivity index is 0.000000151. The molecular formula is C69H70B2Cl2F3N9O12S4. The fourth-order valence-corrected chi connectivity index (χ4v) is 14.5. The van der Waals surface area contributed by atoms with Crippen LogP contribution in [0.2, 0.25) is 5.15 Å². The first-order valence-corrected chi connectivity index (χ1v) is 38.2. The van der Waals surface area contributed by atoms with Gasteiger partial charge in [-0.1, -0.05) is 95.5 Å². The van der Waals surface area contributed by atoms with Crippen molar-refractivity contribution in [3.8, 4) is 11.3 Å². The molecule has 0 atom stereocenters. The third-order valence-corrected chi connectivity index (χ3v) is 23.2. The minimum Gasteiger partial charge on any atom is -0.399 e. The monoisotopic (exact) mass is 1490 g/mol. The van der Waals surface area contributed by atoms with Crippen molar-refractivity contribution in [2.24, 2.45) is 0 Å². The minimum atomic E-state index is -3.82. The van der Waals surface area contributed by atoms with Gasteiger partial charge in [0, 0.05) is 27.6 Å². The highest BCUT2D eigenvalue weighted by Crippen LogP contribution is 2.38. The zero-order valence-corrected chi connectivity index (χ0v) is 61.5. The van der Waals surface area contributed by atoms with E-state index in [0.29, 0.717) is 33.7 Å². The van der Waals surface area contributed by atoms with Crippen molar-refractivity contribution < 1.29 is 65.5 Å². The molecule has 528 valence electrons. The highest BCUT2D eigenvalue weighted by Gasteiger charge is 2.53. The summed E-state index contributed by atoms with van der Waals surface area (Å²) in [4.78, 5) is 16.4. The van der Waals surface area contributed by atoms with Gasteiger partial charge in [0.25, 0.3) is 29.1 Å². The Hall–Kier alpha value is -8.42. The number of hydrogen-bond acceptors (Lipinski definition) is 18. The van der Waals surface area contributed by atoms with Crippen LogP contribution in [0.15, 0.2) is 202 Å². The summed E-state index contributed by atoms with van der Waals surface area (Å²) in [7, 11) is -10.6. The van der Waals surface area contributed by atoms with Gasteiger partial charge < -0.3 is 18.6 Å². The van der Waals surface area contributed by atoms with E-state index >= 15 is 0 Å². The smallest absolute Gasteiger partial charge is 0.399 e. The summed E-state index contributed by atoms with van der Waals surface area (Å²) < 4.78 is 162. The van der Waals surface area contributed by atoms with Crippen LogP contribution in [0.3, 0.4) is 0 Å². The molecule has 0 unspecified atom stereocenters. The molecule has 0 spiro atoms. The molecule has 21 nitrogen and oxygen atoms in total. The summed E-state index contributed by atoms with van der Waals surface area (Å²) in [6.45, 7) is 23.7. The lowest BCUT2D eigenvalue weighted by Gasteiger charge is -2.32. The van der Waals surface area contributed by atoms with E-state index in [1.807, 2.05) is 53.7 Å². The van der Waals surface area contributed by atoms with Crippen molar-refractivity contribution in [2.75, 3.05) is 4.72 Å². The first-order chi connectivity index (χ1) is 47.2. The molecule has 2 aliphatic heterocycles. The van der Waals surface area contributed by atoms with Gasteiger partial charge in [-0.2, -0.15) is 18.6 Å². The maximum atomic E-state index is 13.0. The van der Waals surface area contributed by atoms with Crippen LogP contribution in [0.4, 0.5) is 18.9 Å². The number of aryl methyl sites for hydroxylation is 4. The van der Waals surface area contributed by atoms with Crippen LogP contribution in [0, 0.1) is 45.1 Å². The van der Waals surface area contributed by atoms with Crippen LogP contribution in [-0.2, 0) is 63.3 Å². The molecule has 13 rings (SSSR count). The lowest BCUT2D eigenvalue weighted by molar-refractivity contribution is 0.00578. The second-order valence-electron chi connectivity index (χ2n) is 25.4. The van der Waals surface area contributed by atoms with Crippen LogP contribution < -0.4 is 15.6 Å². The predicted octanol–water partition coefficient (Wildman–Crippen LogP) is 12.7. The maximum absolute atomic E-state index is 13.0. The summed E-state index contributed by atoms with van der Waals surface area (Å²) in [5, 5.41) is 12.5. The fourth-order valence-electron chi connectivity index (χ4n) is 9.76. The van der Waals surface area contributed by atoms with Gasteiger partial charge in [0.1, 0.15) is 35.3 Å². The molecule has 4 aromatic heterocycles. The number of aromatic amines is 1. The van der Waals surface area contributed by atoms with Crippen molar-refractivity contribution in [1.29, 1.82) is 0 Å². The van der Waals surface area contributed by atoms with Gasteiger partial charge >= 0.3 is 14.2 Å². The number of halogens is 5. The Morgan fingerprint density at radius 1 is 0.505 bits per heavy atom. The Bertz CT molecular complexity index is 5220. The maximum Gasteiger partial charge on any atom is 0.494 e. The van der Waals surface area contributed by atoms with Crippen molar-refractivity contribution in [3.63, 3.8) is 0 Å². The van der Waals surface area contributed by atoms with Crippen molar-refractivity contribution in [3.05, 3.63) is 233 Å². The highest BCUT2D eigenvalue weighted by molar-refractivity contribution is 8.13. The number of hydrogen-bond donors (Lipinski definition) is 2. The molecule has 11 aromatic rings. The minimum absolute atomic E-state index is 0.0143. The molecular weight excluding hydrogens is 1420 g/mol. The van der Waals surface area contributed by atoms with Crippen LogP contribution in [-0.4, -0.2) is 110 Å². The number of anilines is 1. The normalized spacial score (nSPS) is 15.3.